The van der Waals surface area contributed by atoms with Crippen molar-refractivity contribution in [2.45, 2.75) is 17.9 Å². The number of thioether (sulfide) groups is 1. The molecule has 4 heteroatoms. The molecule has 3 nitrogen and oxygen atoms in total. The quantitative estimate of drug-likeness (QED) is 0.530. The molecule has 0 unspecified atom stereocenters. The number of ether oxygens (including phenoxy) is 1. The van der Waals surface area contributed by atoms with E-state index in [4.69, 9.17) is 4.74 Å². The number of nitrogens with zero attached hydrogens (tertiary/aromatic N) is 1. The molecule has 0 radical (unpaired) electrons. The molecule has 0 bridgehead atoms. The summed E-state index contributed by atoms with van der Waals surface area (Å²) in [7, 11) is 1.73. The minimum atomic E-state index is 0.794. The smallest absolute Gasteiger partial charge is 0.0959 e. The van der Waals surface area contributed by atoms with Crippen LogP contribution in [0, 0.1) is 0 Å². The topological polar surface area (TPSA) is 34.1 Å². The molecule has 0 aliphatic carbocycles. The monoisotopic (exact) mass is 240 g/mol. The number of aromatic nitrogens is 1. The summed E-state index contributed by atoms with van der Waals surface area (Å²) < 4.78 is 4.95. The molecule has 1 rings (SSSR count). The van der Waals surface area contributed by atoms with Crippen LogP contribution in [0.2, 0.25) is 0 Å². The van der Waals surface area contributed by atoms with Gasteiger partial charge in [0.2, 0.25) is 0 Å². The van der Waals surface area contributed by atoms with Gasteiger partial charge in [0.25, 0.3) is 0 Å². The van der Waals surface area contributed by atoms with E-state index in [1.807, 2.05) is 30.1 Å². The van der Waals surface area contributed by atoms with Crippen LogP contribution >= 0.6 is 11.8 Å². The van der Waals surface area contributed by atoms with Crippen LogP contribution in [-0.4, -0.2) is 37.5 Å². The highest BCUT2D eigenvalue weighted by atomic mass is 32.2. The lowest BCUT2D eigenvalue weighted by Gasteiger charge is -2.03. The Morgan fingerprint density at radius 3 is 3.00 bits per heavy atom. The van der Waals surface area contributed by atoms with Crippen molar-refractivity contribution >= 4 is 11.8 Å². The molecule has 16 heavy (non-hydrogen) atoms. The Kier molecular flexibility index (Phi) is 8.12. The molecule has 1 aromatic heterocycles. The summed E-state index contributed by atoms with van der Waals surface area (Å²) in [6.45, 7) is 2.82. The largest absolute Gasteiger partial charge is 0.383 e. The molecule has 1 aromatic rings. The third kappa shape index (κ3) is 6.82. The maximum absolute atomic E-state index is 4.95. The fraction of sp³-hybridized carbons (Fsp3) is 0.583. The van der Waals surface area contributed by atoms with Crippen molar-refractivity contribution in [1.82, 2.24) is 10.3 Å². The fourth-order valence-electron chi connectivity index (χ4n) is 1.26. The Balaban J connectivity index is 1.89. The van der Waals surface area contributed by atoms with Gasteiger partial charge in [-0.1, -0.05) is 6.07 Å². The summed E-state index contributed by atoms with van der Waals surface area (Å²) in [5.41, 5.74) is 0. The summed E-state index contributed by atoms with van der Waals surface area (Å²) in [6, 6.07) is 6.03. The fourth-order valence-corrected chi connectivity index (χ4v) is 2.13. The summed E-state index contributed by atoms with van der Waals surface area (Å²) >= 11 is 1.83. The van der Waals surface area contributed by atoms with E-state index in [-0.39, 0.29) is 0 Å². The second kappa shape index (κ2) is 9.63. The molecule has 0 aliphatic heterocycles. The molecule has 0 saturated heterocycles. The van der Waals surface area contributed by atoms with Gasteiger partial charge < -0.3 is 10.1 Å². The van der Waals surface area contributed by atoms with E-state index >= 15 is 0 Å². The maximum Gasteiger partial charge on any atom is 0.0959 e. The molecule has 0 aromatic carbocycles. The molecule has 1 heterocycles. The number of rotatable bonds is 9. The van der Waals surface area contributed by atoms with E-state index in [9.17, 15) is 0 Å². The number of pyridine rings is 1. The molecule has 1 N–H and O–H groups in total. The van der Waals surface area contributed by atoms with Crippen LogP contribution in [0.15, 0.2) is 29.4 Å². The van der Waals surface area contributed by atoms with Crippen molar-refractivity contribution in [2.24, 2.45) is 0 Å². The van der Waals surface area contributed by atoms with E-state index < -0.39 is 0 Å². The third-order valence-corrected chi connectivity index (χ3v) is 3.15. The Morgan fingerprint density at radius 1 is 1.31 bits per heavy atom. The van der Waals surface area contributed by atoms with Crippen LogP contribution in [0.5, 0.6) is 0 Å². The average Bonchev–Trinajstić information content (AvgIpc) is 2.34. The lowest BCUT2D eigenvalue weighted by Crippen LogP contribution is -2.20. The molecular formula is C12H20N2OS. The van der Waals surface area contributed by atoms with Gasteiger partial charge in [-0.15, -0.1) is 11.8 Å². The second-order valence-electron chi connectivity index (χ2n) is 3.47. The van der Waals surface area contributed by atoms with Crippen molar-refractivity contribution in [2.75, 3.05) is 32.6 Å². The molecule has 0 aliphatic rings. The van der Waals surface area contributed by atoms with E-state index in [2.05, 4.69) is 16.4 Å². The highest BCUT2D eigenvalue weighted by molar-refractivity contribution is 7.99. The third-order valence-electron chi connectivity index (χ3n) is 2.12. The van der Waals surface area contributed by atoms with Crippen LogP contribution in [-0.2, 0) is 4.74 Å². The van der Waals surface area contributed by atoms with E-state index in [1.54, 1.807) is 7.11 Å². The Labute approximate surface area is 102 Å². The Morgan fingerprint density at radius 2 is 2.25 bits per heavy atom. The molecule has 0 spiro atoms. The second-order valence-corrected chi connectivity index (χ2v) is 4.58. The van der Waals surface area contributed by atoms with Crippen molar-refractivity contribution in [3.8, 4) is 0 Å². The van der Waals surface area contributed by atoms with Crippen molar-refractivity contribution in [3.63, 3.8) is 0 Å². The SMILES string of the molecule is COCCNCCCCSc1ccccn1. The van der Waals surface area contributed by atoms with Gasteiger partial charge in [0.15, 0.2) is 0 Å². The van der Waals surface area contributed by atoms with Gasteiger partial charge in [0.1, 0.15) is 0 Å². The summed E-state index contributed by atoms with van der Waals surface area (Å²) in [6.07, 6.45) is 4.28. The molecule has 90 valence electrons. The van der Waals surface area contributed by atoms with E-state index in [1.165, 1.54) is 12.8 Å². The zero-order valence-electron chi connectivity index (χ0n) is 9.82. The zero-order valence-corrected chi connectivity index (χ0v) is 10.6. The normalized spacial score (nSPS) is 10.6. The zero-order chi connectivity index (χ0) is 11.5. The number of nitrogens with one attached hydrogen (secondary N) is 1. The first kappa shape index (κ1) is 13.5. The first-order chi connectivity index (χ1) is 7.93. The number of hydrogen-bond donors (Lipinski definition) is 1. The highest BCUT2D eigenvalue weighted by Crippen LogP contribution is 2.15. The molecule has 0 atom stereocenters. The van der Waals surface area contributed by atoms with Crippen molar-refractivity contribution in [1.29, 1.82) is 0 Å². The van der Waals surface area contributed by atoms with Crippen molar-refractivity contribution in [3.05, 3.63) is 24.4 Å². The van der Waals surface area contributed by atoms with Gasteiger partial charge in [-0.25, -0.2) is 4.98 Å². The van der Waals surface area contributed by atoms with Crippen molar-refractivity contribution < 1.29 is 4.74 Å². The predicted molar refractivity (Wildman–Crippen MR) is 68.9 cm³/mol. The van der Waals surface area contributed by atoms with Gasteiger partial charge in [-0.2, -0.15) is 0 Å². The van der Waals surface area contributed by atoms with Crippen LogP contribution in [0.4, 0.5) is 0 Å². The maximum atomic E-state index is 4.95. The van der Waals surface area contributed by atoms with Crippen LogP contribution in [0.3, 0.4) is 0 Å². The number of hydrogen-bond acceptors (Lipinski definition) is 4. The lowest BCUT2D eigenvalue weighted by molar-refractivity contribution is 0.199. The molecule has 0 saturated carbocycles. The summed E-state index contributed by atoms with van der Waals surface area (Å²) in [5.74, 6) is 1.14. The summed E-state index contributed by atoms with van der Waals surface area (Å²) in [5, 5.41) is 4.46. The average molecular weight is 240 g/mol. The van der Waals surface area contributed by atoms with Crippen LogP contribution < -0.4 is 5.32 Å². The van der Waals surface area contributed by atoms with Gasteiger partial charge in [-0.3, -0.25) is 0 Å². The number of methoxy groups -OCH3 is 1. The van der Waals surface area contributed by atoms with Gasteiger partial charge in [0, 0.05) is 19.9 Å². The Hall–Kier alpha value is -0.580. The lowest BCUT2D eigenvalue weighted by atomic mass is 10.3. The number of unbranched alkanes of at least 4 members (excludes halogenated alkanes) is 1. The highest BCUT2D eigenvalue weighted by Gasteiger charge is 1.94. The van der Waals surface area contributed by atoms with Gasteiger partial charge in [-0.05, 0) is 37.3 Å². The minimum Gasteiger partial charge on any atom is -0.383 e. The first-order valence-electron chi connectivity index (χ1n) is 5.67. The Bertz CT molecular complexity index is 256. The van der Waals surface area contributed by atoms with Crippen LogP contribution in [0.1, 0.15) is 12.8 Å². The van der Waals surface area contributed by atoms with E-state index in [0.29, 0.717) is 0 Å². The molecule has 0 amide bonds. The molecule has 0 fully saturated rings. The molecular weight excluding hydrogens is 220 g/mol. The van der Waals surface area contributed by atoms with E-state index in [0.717, 1.165) is 30.5 Å². The first-order valence-corrected chi connectivity index (χ1v) is 6.65. The minimum absolute atomic E-state index is 0.794. The van der Waals surface area contributed by atoms with Gasteiger partial charge >= 0.3 is 0 Å². The van der Waals surface area contributed by atoms with Gasteiger partial charge in [0.05, 0.1) is 11.6 Å². The summed E-state index contributed by atoms with van der Waals surface area (Å²) in [4.78, 5) is 4.27. The standard InChI is InChI=1S/C12H20N2OS/c1-15-10-9-13-7-4-5-11-16-12-6-2-3-8-14-12/h2-3,6,8,13H,4-5,7,9-11H2,1H3. The van der Waals surface area contributed by atoms with Crippen LogP contribution in [0.25, 0.3) is 0 Å². The predicted octanol–water partition coefficient (Wildman–Crippen LogP) is 2.19.